The molecule has 0 aliphatic rings. The van der Waals surface area contributed by atoms with E-state index in [-0.39, 0.29) is 10.9 Å². The van der Waals surface area contributed by atoms with Crippen LogP contribution in [0, 0.1) is 0 Å². The molecule has 1 rings (SSSR count). The molecule has 0 aliphatic heterocycles. The molecule has 76 valence electrons. The molecule has 0 saturated heterocycles. The van der Waals surface area contributed by atoms with Crippen LogP contribution in [0.2, 0.25) is 5.02 Å². The molecule has 0 aromatic carbocycles. The molecule has 0 atom stereocenters. The summed E-state index contributed by atoms with van der Waals surface area (Å²) in [7, 11) is 0. The molecule has 6 heteroatoms. The number of halogens is 1. The van der Waals surface area contributed by atoms with Crippen molar-refractivity contribution in [2.75, 3.05) is 6.61 Å². The van der Waals surface area contributed by atoms with Crippen molar-refractivity contribution in [3.05, 3.63) is 17.0 Å². The third kappa shape index (κ3) is 2.56. The van der Waals surface area contributed by atoms with Gasteiger partial charge in [0.15, 0.2) is 6.61 Å². The number of aryl methyl sites for hydroxylation is 1. The van der Waals surface area contributed by atoms with Crippen molar-refractivity contribution in [3.63, 3.8) is 0 Å². The number of carbonyl (C=O) groups is 1. The zero-order valence-corrected chi connectivity index (χ0v) is 8.28. The van der Waals surface area contributed by atoms with Crippen LogP contribution in [0.25, 0.3) is 0 Å². The van der Waals surface area contributed by atoms with Gasteiger partial charge in [-0.2, -0.15) is 0 Å². The summed E-state index contributed by atoms with van der Waals surface area (Å²) in [5.41, 5.74) is 0.641. The van der Waals surface area contributed by atoms with E-state index in [1.807, 2.05) is 6.92 Å². The normalized spacial score (nSPS) is 9.86. The average molecular weight is 217 g/mol. The van der Waals surface area contributed by atoms with E-state index in [2.05, 4.69) is 9.97 Å². The van der Waals surface area contributed by atoms with Crippen LogP contribution in [0.15, 0.2) is 6.33 Å². The van der Waals surface area contributed by atoms with E-state index in [9.17, 15) is 4.79 Å². The van der Waals surface area contributed by atoms with Crippen LogP contribution >= 0.6 is 11.6 Å². The smallest absolute Gasteiger partial charge is 0.341 e. The molecule has 0 bridgehead atoms. The lowest BCUT2D eigenvalue weighted by molar-refractivity contribution is -0.139. The molecule has 0 saturated carbocycles. The van der Waals surface area contributed by atoms with Crippen LogP contribution in [-0.4, -0.2) is 27.7 Å². The molecule has 0 aliphatic carbocycles. The van der Waals surface area contributed by atoms with Gasteiger partial charge in [-0.05, 0) is 6.42 Å². The summed E-state index contributed by atoms with van der Waals surface area (Å²) in [6.45, 7) is 1.43. The number of carboxylic acids is 1. The van der Waals surface area contributed by atoms with Crippen LogP contribution in [0.3, 0.4) is 0 Å². The van der Waals surface area contributed by atoms with Crippen LogP contribution in [0.1, 0.15) is 12.6 Å². The van der Waals surface area contributed by atoms with Gasteiger partial charge in [0.25, 0.3) is 0 Å². The third-order valence-electron chi connectivity index (χ3n) is 1.50. The zero-order valence-electron chi connectivity index (χ0n) is 7.53. The standard InChI is InChI=1S/C8H9ClN2O3/c1-2-5-7(9)8(11-4-10-5)14-3-6(12)13/h4H,2-3H2,1H3,(H,12,13). The van der Waals surface area contributed by atoms with Crippen molar-refractivity contribution < 1.29 is 14.6 Å². The Bertz CT molecular complexity index is 343. The van der Waals surface area contributed by atoms with Crippen molar-refractivity contribution in [1.82, 2.24) is 9.97 Å². The van der Waals surface area contributed by atoms with Crippen molar-refractivity contribution >= 4 is 17.6 Å². The molecule has 5 nitrogen and oxygen atoms in total. The Balaban J connectivity index is 2.81. The molecule has 0 spiro atoms. The number of aliphatic carboxylic acids is 1. The van der Waals surface area contributed by atoms with Gasteiger partial charge in [-0.15, -0.1) is 0 Å². The highest BCUT2D eigenvalue weighted by Gasteiger charge is 2.09. The molecule has 0 amide bonds. The molecule has 1 N–H and O–H groups in total. The van der Waals surface area contributed by atoms with Crippen LogP contribution < -0.4 is 4.74 Å². The summed E-state index contributed by atoms with van der Waals surface area (Å²) in [4.78, 5) is 17.9. The second-order valence-electron chi connectivity index (χ2n) is 2.48. The zero-order chi connectivity index (χ0) is 10.6. The van der Waals surface area contributed by atoms with E-state index in [1.165, 1.54) is 6.33 Å². The Kier molecular flexibility index (Phi) is 3.64. The summed E-state index contributed by atoms with van der Waals surface area (Å²) < 4.78 is 4.86. The fourth-order valence-electron chi connectivity index (χ4n) is 0.865. The van der Waals surface area contributed by atoms with E-state index >= 15 is 0 Å². The van der Waals surface area contributed by atoms with Gasteiger partial charge >= 0.3 is 5.97 Å². The number of aromatic nitrogens is 2. The van der Waals surface area contributed by atoms with E-state index in [0.717, 1.165) is 0 Å². The Morgan fingerprint density at radius 3 is 2.93 bits per heavy atom. The molecule has 0 fully saturated rings. The quantitative estimate of drug-likeness (QED) is 0.818. The lowest BCUT2D eigenvalue weighted by atomic mass is 10.3. The van der Waals surface area contributed by atoms with Gasteiger partial charge in [0.1, 0.15) is 11.3 Å². The fraction of sp³-hybridized carbons (Fsp3) is 0.375. The van der Waals surface area contributed by atoms with Crippen molar-refractivity contribution in [1.29, 1.82) is 0 Å². The third-order valence-corrected chi connectivity index (χ3v) is 1.88. The van der Waals surface area contributed by atoms with E-state index in [1.54, 1.807) is 0 Å². The highest BCUT2D eigenvalue weighted by atomic mass is 35.5. The predicted molar refractivity (Wildman–Crippen MR) is 49.6 cm³/mol. The molecule has 14 heavy (non-hydrogen) atoms. The maximum absolute atomic E-state index is 10.2. The number of rotatable bonds is 4. The number of ether oxygens (including phenoxy) is 1. The average Bonchev–Trinajstić information content (AvgIpc) is 2.16. The number of nitrogens with zero attached hydrogens (tertiary/aromatic N) is 2. The van der Waals surface area contributed by atoms with Crippen LogP contribution in [0.4, 0.5) is 0 Å². The Labute approximate surface area is 85.7 Å². The van der Waals surface area contributed by atoms with Gasteiger partial charge in [-0.25, -0.2) is 14.8 Å². The fourth-order valence-corrected chi connectivity index (χ4v) is 1.15. The monoisotopic (exact) mass is 216 g/mol. The van der Waals surface area contributed by atoms with E-state index in [4.69, 9.17) is 21.4 Å². The first-order valence-electron chi connectivity index (χ1n) is 3.99. The first kappa shape index (κ1) is 10.7. The number of hydrogen-bond donors (Lipinski definition) is 1. The largest absolute Gasteiger partial charge is 0.479 e. The lowest BCUT2D eigenvalue weighted by Gasteiger charge is -2.05. The molecular weight excluding hydrogens is 208 g/mol. The molecule has 1 aromatic rings. The second kappa shape index (κ2) is 4.76. The Morgan fingerprint density at radius 1 is 1.64 bits per heavy atom. The Morgan fingerprint density at radius 2 is 2.36 bits per heavy atom. The van der Waals surface area contributed by atoms with E-state index in [0.29, 0.717) is 12.1 Å². The predicted octanol–water partition coefficient (Wildman–Crippen LogP) is 1.16. The minimum Gasteiger partial charge on any atom is -0.479 e. The van der Waals surface area contributed by atoms with Crippen molar-refractivity contribution in [3.8, 4) is 5.88 Å². The molecule has 0 unspecified atom stereocenters. The Hall–Kier alpha value is -1.36. The maximum atomic E-state index is 10.2. The van der Waals surface area contributed by atoms with Crippen LogP contribution in [0.5, 0.6) is 5.88 Å². The van der Waals surface area contributed by atoms with Crippen molar-refractivity contribution in [2.45, 2.75) is 13.3 Å². The summed E-state index contributed by atoms with van der Waals surface area (Å²) in [5, 5.41) is 8.66. The van der Waals surface area contributed by atoms with Gasteiger partial charge in [0, 0.05) is 0 Å². The second-order valence-corrected chi connectivity index (χ2v) is 2.85. The lowest BCUT2D eigenvalue weighted by Crippen LogP contribution is -2.11. The molecular formula is C8H9ClN2O3. The number of carboxylic acid groups (broad SMARTS) is 1. The first-order chi connectivity index (χ1) is 6.65. The SMILES string of the molecule is CCc1ncnc(OCC(=O)O)c1Cl. The summed E-state index contributed by atoms with van der Waals surface area (Å²) in [6.07, 6.45) is 1.94. The topological polar surface area (TPSA) is 72.3 Å². The summed E-state index contributed by atoms with van der Waals surface area (Å²) >= 11 is 5.85. The highest BCUT2D eigenvalue weighted by Crippen LogP contribution is 2.23. The summed E-state index contributed by atoms with van der Waals surface area (Å²) in [5.74, 6) is -0.960. The first-order valence-corrected chi connectivity index (χ1v) is 4.37. The molecule has 1 aromatic heterocycles. The van der Waals surface area contributed by atoms with Crippen molar-refractivity contribution in [2.24, 2.45) is 0 Å². The minimum absolute atomic E-state index is 0.112. The van der Waals surface area contributed by atoms with E-state index < -0.39 is 12.6 Å². The highest BCUT2D eigenvalue weighted by molar-refractivity contribution is 6.32. The van der Waals surface area contributed by atoms with Gasteiger partial charge < -0.3 is 9.84 Å². The summed E-state index contributed by atoms with van der Waals surface area (Å²) in [6, 6.07) is 0. The van der Waals surface area contributed by atoms with Crippen LogP contribution in [-0.2, 0) is 11.2 Å². The molecule has 1 heterocycles. The number of hydrogen-bond acceptors (Lipinski definition) is 4. The van der Waals surface area contributed by atoms with Gasteiger partial charge in [0.2, 0.25) is 5.88 Å². The van der Waals surface area contributed by atoms with Gasteiger partial charge in [-0.3, -0.25) is 0 Å². The maximum Gasteiger partial charge on any atom is 0.341 e. The van der Waals surface area contributed by atoms with Gasteiger partial charge in [0.05, 0.1) is 5.69 Å². The molecule has 0 radical (unpaired) electrons. The van der Waals surface area contributed by atoms with Gasteiger partial charge in [-0.1, -0.05) is 18.5 Å². The minimum atomic E-state index is -1.07.